The molecule has 0 aliphatic carbocycles. The average molecular weight is 390 g/mol. The molecule has 2 N–H and O–H groups in total. The van der Waals surface area contributed by atoms with Gasteiger partial charge in [0.2, 0.25) is 5.95 Å². The monoisotopic (exact) mass is 390 g/mol. The quantitative estimate of drug-likeness (QED) is 0.571. The fourth-order valence-electron chi connectivity index (χ4n) is 3.30. The first-order valence-electron chi connectivity index (χ1n) is 10.0. The second-order valence-corrected chi connectivity index (χ2v) is 6.90. The molecule has 2 aromatic carbocycles. The molecule has 0 unspecified atom stereocenters. The number of nitrogens with one attached hydrogen (secondary N) is 2. The van der Waals surface area contributed by atoms with Crippen LogP contribution in [0.3, 0.4) is 0 Å². The molecule has 7 heteroatoms. The van der Waals surface area contributed by atoms with E-state index in [0.717, 1.165) is 62.8 Å². The van der Waals surface area contributed by atoms with Gasteiger partial charge in [-0.05, 0) is 37.2 Å². The third-order valence-electron chi connectivity index (χ3n) is 4.83. The van der Waals surface area contributed by atoms with Crippen LogP contribution in [0.4, 0.5) is 17.3 Å². The summed E-state index contributed by atoms with van der Waals surface area (Å²) in [6.07, 6.45) is 2.60. The van der Waals surface area contributed by atoms with E-state index in [1.54, 1.807) is 6.33 Å². The minimum absolute atomic E-state index is 0.603. The molecule has 1 fully saturated rings. The van der Waals surface area contributed by atoms with Crippen molar-refractivity contribution in [3.8, 4) is 11.4 Å². The van der Waals surface area contributed by atoms with Crippen LogP contribution in [0.1, 0.15) is 6.42 Å². The molecule has 4 rings (SSSR count). The lowest BCUT2D eigenvalue weighted by molar-refractivity contribution is 0.0378. The molecule has 3 aromatic rings. The SMILES string of the molecule is c1ccc(Nc2ccccc2-c2ncnc(NCCCN3CCOCC3)n2)cc1. The molecule has 1 saturated heterocycles. The summed E-state index contributed by atoms with van der Waals surface area (Å²) in [5, 5.41) is 6.77. The van der Waals surface area contributed by atoms with Crippen molar-refractivity contribution in [2.45, 2.75) is 6.42 Å². The molecule has 150 valence electrons. The van der Waals surface area contributed by atoms with Gasteiger partial charge in [-0.25, -0.2) is 9.97 Å². The predicted molar refractivity (Wildman–Crippen MR) is 115 cm³/mol. The van der Waals surface area contributed by atoms with Crippen LogP contribution in [0.25, 0.3) is 11.4 Å². The third kappa shape index (κ3) is 5.49. The van der Waals surface area contributed by atoms with Gasteiger partial charge in [0.05, 0.1) is 13.2 Å². The first kappa shape index (κ1) is 19.3. The van der Waals surface area contributed by atoms with Crippen LogP contribution in [0.5, 0.6) is 0 Å². The molecule has 0 amide bonds. The Morgan fingerprint density at radius 2 is 1.72 bits per heavy atom. The summed E-state index contributed by atoms with van der Waals surface area (Å²) in [5.74, 6) is 1.25. The minimum atomic E-state index is 0.603. The van der Waals surface area contributed by atoms with E-state index in [9.17, 15) is 0 Å². The maximum atomic E-state index is 5.39. The molecule has 1 aliphatic rings. The van der Waals surface area contributed by atoms with Crippen LogP contribution in [0.2, 0.25) is 0 Å². The zero-order valence-corrected chi connectivity index (χ0v) is 16.4. The van der Waals surface area contributed by atoms with Crippen molar-refractivity contribution in [2.75, 3.05) is 50.0 Å². The molecular weight excluding hydrogens is 364 g/mol. The Hall–Kier alpha value is -3.03. The molecule has 0 radical (unpaired) electrons. The topological polar surface area (TPSA) is 75.2 Å². The van der Waals surface area contributed by atoms with Crippen LogP contribution < -0.4 is 10.6 Å². The number of aromatic nitrogens is 3. The van der Waals surface area contributed by atoms with Gasteiger partial charge in [-0.1, -0.05) is 30.3 Å². The molecule has 7 nitrogen and oxygen atoms in total. The van der Waals surface area contributed by atoms with Gasteiger partial charge in [-0.3, -0.25) is 4.90 Å². The van der Waals surface area contributed by atoms with E-state index in [-0.39, 0.29) is 0 Å². The summed E-state index contributed by atoms with van der Waals surface area (Å²) >= 11 is 0. The van der Waals surface area contributed by atoms with E-state index >= 15 is 0 Å². The fourth-order valence-corrected chi connectivity index (χ4v) is 3.30. The maximum Gasteiger partial charge on any atom is 0.226 e. The minimum Gasteiger partial charge on any atom is -0.379 e. The highest BCUT2D eigenvalue weighted by atomic mass is 16.5. The number of rotatable bonds is 8. The smallest absolute Gasteiger partial charge is 0.226 e. The number of morpholine rings is 1. The fraction of sp³-hybridized carbons (Fsp3) is 0.318. The highest BCUT2D eigenvalue weighted by molar-refractivity contribution is 5.77. The second kappa shape index (κ2) is 9.95. The van der Waals surface area contributed by atoms with Gasteiger partial charge in [0.1, 0.15) is 6.33 Å². The van der Waals surface area contributed by atoms with E-state index in [1.165, 1.54) is 0 Å². The highest BCUT2D eigenvalue weighted by Gasteiger charge is 2.11. The van der Waals surface area contributed by atoms with Crippen molar-refractivity contribution in [1.82, 2.24) is 19.9 Å². The largest absolute Gasteiger partial charge is 0.379 e. The predicted octanol–water partition coefficient (Wildman–Crippen LogP) is 3.42. The van der Waals surface area contributed by atoms with E-state index in [0.29, 0.717) is 11.8 Å². The summed E-state index contributed by atoms with van der Waals surface area (Å²) in [6, 6.07) is 18.1. The standard InChI is InChI=1S/C22H26N6O/c1-2-7-18(8-3-1)26-20-10-5-4-9-19(20)21-24-17-25-22(27-21)23-11-6-12-28-13-15-29-16-14-28/h1-5,7-10,17,26H,6,11-16H2,(H,23,24,25,27). The Balaban J connectivity index is 1.39. The van der Waals surface area contributed by atoms with Gasteiger partial charge in [0.25, 0.3) is 0 Å². The van der Waals surface area contributed by atoms with Gasteiger partial charge in [0.15, 0.2) is 5.82 Å². The van der Waals surface area contributed by atoms with E-state index in [1.807, 2.05) is 54.6 Å². The number of hydrogen-bond acceptors (Lipinski definition) is 7. The Kier molecular flexibility index (Phi) is 6.62. The van der Waals surface area contributed by atoms with Crippen LogP contribution >= 0.6 is 0 Å². The lowest BCUT2D eigenvalue weighted by Crippen LogP contribution is -2.37. The first-order valence-corrected chi connectivity index (χ1v) is 10.0. The molecule has 0 atom stereocenters. The summed E-state index contributed by atoms with van der Waals surface area (Å²) in [7, 11) is 0. The normalized spacial score (nSPS) is 14.5. The summed E-state index contributed by atoms with van der Waals surface area (Å²) in [4.78, 5) is 15.7. The highest BCUT2D eigenvalue weighted by Crippen LogP contribution is 2.27. The molecule has 0 saturated carbocycles. The second-order valence-electron chi connectivity index (χ2n) is 6.90. The van der Waals surface area contributed by atoms with Gasteiger partial charge in [0, 0.05) is 36.6 Å². The van der Waals surface area contributed by atoms with Crippen molar-refractivity contribution in [1.29, 1.82) is 0 Å². The van der Waals surface area contributed by atoms with Gasteiger partial charge in [-0.2, -0.15) is 4.98 Å². The van der Waals surface area contributed by atoms with E-state index < -0.39 is 0 Å². The van der Waals surface area contributed by atoms with Crippen molar-refractivity contribution in [3.05, 3.63) is 60.9 Å². The Morgan fingerprint density at radius 3 is 2.59 bits per heavy atom. The number of anilines is 3. The Morgan fingerprint density at radius 1 is 0.931 bits per heavy atom. The molecule has 1 aliphatic heterocycles. The van der Waals surface area contributed by atoms with Crippen LogP contribution in [0.15, 0.2) is 60.9 Å². The Labute approximate surface area is 171 Å². The lowest BCUT2D eigenvalue weighted by atomic mass is 10.1. The van der Waals surface area contributed by atoms with Gasteiger partial charge < -0.3 is 15.4 Å². The molecule has 0 spiro atoms. The Bertz CT molecular complexity index is 899. The third-order valence-corrected chi connectivity index (χ3v) is 4.83. The van der Waals surface area contributed by atoms with E-state index in [2.05, 4.69) is 30.5 Å². The van der Waals surface area contributed by atoms with Crippen LogP contribution in [-0.4, -0.2) is 59.2 Å². The average Bonchev–Trinajstić information content (AvgIpc) is 2.79. The molecular formula is C22H26N6O. The van der Waals surface area contributed by atoms with Crippen LogP contribution in [0, 0.1) is 0 Å². The maximum absolute atomic E-state index is 5.39. The van der Waals surface area contributed by atoms with Crippen LogP contribution in [-0.2, 0) is 4.74 Å². The molecule has 0 bridgehead atoms. The zero-order valence-electron chi connectivity index (χ0n) is 16.4. The number of hydrogen-bond donors (Lipinski definition) is 2. The van der Waals surface area contributed by atoms with Crippen molar-refractivity contribution >= 4 is 17.3 Å². The van der Waals surface area contributed by atoms with Crippen molar-refractivity contribution in [2.24, 2.45) is 0 Å². The molecule has 29 heavy (non-hydrogen) atoms. The van der Waals surface area contributed by atoms with Crippen molar-refractivity contribution in [3.63, 3.8) is 0 Å². The first-order chi connectivity index (χ1) is 14.4. The van der Waals surface area contributed by atoms with Crippen molar-refractivity contribution < 1.29 is 4.74 Å². The van der Waals surface area contributed by atoms with Gasteiger partial charge >= 0.3 is 0 Å². The van der Waals surface area contributed by atoms with E-state index in [4.69, 9.17) is 4.74 Å². The molecule has 1 aromatic heterocycles. The molecule has 2 heterocycles. The van der Waals surface area contributed by atoms with Gasteiger partial charge in [-0.15, -0.1) is 0 Å². The lowest BCUT2D eigenvalue weighted by Gasteiger charge is -2.26. The number of benzene rings is 2. The number of nitrogens with zero attached hydrogens (tertiary/aromatic N) is 4. The number of ether oxygens (including phenoxy) is 1. The summed E-state index contributed by atoms with van der Waals surface area (Å²) < 4.78 is 5.39. The zero-order chi connectivity index (χ0) is 19.7. The summed E-state index contributed by atoms with van der Waals surface area (Å²) in [6.45, 7) is 5.58. The number of para-hydroxylation sites is 2. The summed E-state index contributed by atoms with van der Waals surface area (Å²) in [5.41, 5.74) is 2.92.